The van der Waals surface area contributed by atoms with Gasteiger partial charge in [0, 0.05) is 16.1 Å². The Labute approximate surface area is 106 Å². The lowest BCUT2D eigenvalue weighted by molar-refractivity contribution is 0.0910. The van der Waals surface area contributed by atoms with Gasteiger partial charge in [0.2, 0.25) is 0 Å². The van der Waals surface area contributed by atoms with Gasteiger partial charge in [-0.25, -0.2) is 0 Å². The van der Waals surface area contributed by atoms with Crippen LogP contribution in [0.4, 0.5) is 0 Å². The third-order valence-electron chi connectivity index (χ3n) is 2.73. The van der Waals surface area contributed by atoms with Gasteiger partial charge in [-0.15, -0.1) is 0 Å². The van der Waals surface area contributed by atoms with Gasteiger partial charge in [-0.1, -0.05) is 42.8 Å². The highest BCUT2D eigenvalue weighted by atomic mass is 79.9. The Morgan fingerprint density at radius 3 is 2.50 bits per heavy atom. The van der Waals surface area contributed by atoms with E-state index in [4.69, 9.17) is 0 Å². The first-order chi connectivity index (χ1) is 7.30. The first-order valence-electron chi connectivity index (χ1n) is 5.37. The van der Waals surface area contributed by atoms with E-state index in [0.717, 1.165) is 4.47 Å². The van der Waals surface area contributed by atoms with Crippen LogP contribution in [0.15, 0.2) is 28.7 Å². The van der Waals surface area contributed by atoms with Crippen molar-refractivity contribution in [3.05, 3.63) is 34.3 Å². The molecule has 0 aliphatic rings. The lowest BCUT2D eigenvalue weighted by Crippen LogP contribution is -2.41. The first-order valence-corrected chi connectivity index (χ1v) is 6.16. The topological polar surface area (TPSA) is 29.1 Å². The molecule has 0 spiro atoms. The fraction of sp³-hybridized carbons (Fsp3) is 0.462. The van der Waals surface area contributed by atoms with Gasteiger partial charge in [0.05, 0.1) is 0 Å². The number of halogens is 1. The van der Waals surface area contributed by atoms with Gasteiger partial charge in [0.1, 0.15) is 0 Å². The summed E-state index contributed by atoms with van der Waals surface area (Å²) in [4.78, 5) is 11.9. The maximum atomic E-state index is 11.9. The van der Waals surface area contributed by atoms with Crippen LogP contribution in [0.2, 0.25) is 0 Å². The average molecular weight is 284 g/mol. The summed E-state index contributed by atoms with van der Waals surface area (Å²) in [5, 5.41) is 3.00. The van der Waals surface area contributed by atoms with E-state index in [9.17, 15) is 4.79 Å². The molecule has 1 N–H and O–H groups in total. The van der Waals surface area contributed by atoms with Crippen LogP contribution in [-0.4, -0.2) is 11.9 Å². The van der Waals surface area contributed by atoms with E-state index in [1.54, 1.807) is 0 Å². The SMILES string of the molecule is C[C@@H](NC(=O)c1cccc(Br)c1)C(C)(C)C. The van der Waals surface area contributed by atoms with Gasteiger partial charge < -0.3 is 5.32 Å². The Balaban J connectivity index is 2.74. The summed E-state index contributed by atoms with van der Waals surface area (Å²) in [6, 6.07) is 7.55. The van der Waals surface area contributed by atoms with Crippen LogP contribution >= 0.6 is 15.9 Å². The summed E-state index contributed by atoms with van der Waals surface area (Å²) in [5.41, 5.74) is 0.757. The summed E-state index contributed by atoms with van der Waals surface area (Å²) < 4.78 is 0.920. The van der Waals surface area contributed by atoms with Crippen molar-refractivity contribution in [2.45, 2.75) is 33.7 Å². The molecule has 1 rings (SSSR count). The van der Waals surface area contributed by atoms with Gasteiger partial charge in [0.15, 0.2) is 0 Å². The fourth-order valence-corrected chi connectivity index (χ4v) is 1.53. The second kappa shape index (κ2) is 5.00. The summed E-state index contributed by atoms with van der Waals surface area (Å²) >= 11 is 3.36. The van der Waals surface area contributed by atoms with E-state index < -0.39 is 0 Å². The van der Waals surface area contributed by atoms with Gasteiger partial charge in [-0.2, -0.15) is 0 Å². The molecule has 1 atom stereocenters. The number of benzene rings is 1. The number of rotatable bonds is 2. The number of amides is 1. The molecule has 0 fully saturated rings. The Morgan fingerprint density at radius 1 is 1.38 bits per heavy atom. The number of carbonyl (C=O) groups excluding carboxylic acids is 1. The molecule has 2 nitrogen and oxygen atoms in total. The predicted molar refractivity (Wildman–Crippen MR) is 70.5 cm³/mol. The van der Waals surface area contributed by atoms with Crippen LogP contribution < -0.4 is 5.32 Å². The van der Waals surface area contributed by atoms with E-state index in [1.807, 2.05) is 31.2 Å². The van der Waals surface area contributed by atoms with Crippen molar-refractivity contribution in [3.63, 3.8) is 0 Å². The largest absolute Gasteiger partial charge is 0.349 e. The molecule has 88 valence electrons. The molecule has 0 heterocycles. The highest BCUT2D eigenvalue weighted by molar-refractivity contribution is 9.10. The Bertz CT molecular complexity index is 382. The molecular formula is C13H18BrNO. The van der Waals surface area contributed by atoms with Gasteiger partial charge in [-0.05, 0) is 30.5 Å². The van der Waals surface area contributed by atoms with E-state index in [-0.39, 0.29) is 17.4 Å². The molecule has 0 saturated carbocycles. The van der Waals surface area contributed by atoms with Crippen molar-refractivity contribution < 1.29 is 4.79 Å². The second-order valence-electron chi connectivity index (χ2n) is 5.07. The van der Waals surface area contributed by atoms with Crippen LogP contribution in [-0.2, 0) is 0 Å². The molecule has 3 heteroatoms. The van der Waals surface area contributed by atoms with Gasteiger partial charge in [-0.3, -0.25) is 4.79 Å². The second-order valence-corrected chi connectivity index (χ2v) is 5.99. The minimum atomic E-state index is -0.0243. The van der Waals surface area contributed by atoms with Crippen molar-refractivity contribution in [2.75, 3.05) is 0 Å². The normalized spacial score (nSPS) is 13.3. The molecule has 1 aromatic carbocycles. The molecule has 0 aromatic heterocycles. The Kier molecular flexibility index (Phi) is 4.14. The third kappa shape index (κ3) is 3.63. The molecule has 1 amide bonds. The number of nitrogens with one attached hydrogen (secondary N) is 1. The molecule has 0 saturated heterocycles. The molecule has 0 radical (unpaired) electrons. The van der Waals surface area contributed by atoms with E-state index in [1.165, 1.54) is 0 Å². The third-order valence-corrected chi connectivity index (χ3v) is 3.23. The Morgan fingerprint density at radius 2 is 2.00 bits per heavy atom. The van der Waals surface area contributed by atoms with E-state index in [2.05, 4.69) is 42.0 Å². The smallest absolute Gasteiger partial charge is 0.251 e. The van der Waals surface area contributed by atoms with Crippen LogP contribution in [0.25, 0.3) is 0 Å². The Hall–Kier alpha value is -0.830. The lowest BCUT2D eigenvalue weighted by atomic mass is 9.88. The monoisotopic (exact) mass is 283 g/mol. The first kappa shape index (κ1) is 13.2. The van der Waals surface area contributed by atoms with Crippen LogP contribution in [0.5, 0.6) is 0 Å². The maximum absolute atomic E-state index is 11.9. The maximum Gasteiger partial charge on any atom is 0.251 e. The van der Waals surface area contributed by atoms with Crippen LogP contribution in [0.3, 0.4) is 0 Å². The zero-order valence-corrected chi connectivity index (χ0v) is 11.8. The summed E-state index contributed by atoms with van der Waals surface area (Å²) in [5.74, 6) is -0.0243. The molecule has 1 aromatic rings. The number of hydrogen-bond donors (Lipinski definition) is 1. The zero-order chi connectivity index (χ0) is 12.3. The molecule has 16 heavy (non-hydrogen) atoms. The minimum absolute atomic E-state index is 0.0243. The van der Waals surface area contributed by atoms with Crippen molar-refractivity contribution in [1.29, 1.82) is 0 Å². The molecular weight excluding hydrogens is 266 g/mol. The van der Waals surface area contributed by atoms with Crippen LogP contribution in [0.1, 0.15) is 38.1 Å². The summed E-state index contributed by atoms with van der Waals surface area (Å²) in [7, 11) is 0. The minimum Gasteiger partial charge on any atom is -0.349 e. The number of hydrogen-bond acceptors (Lipinski definition) is 1. The number of carbonyl (C=O) groups is 1. The highest BCUT2D eigenvalue weighted by Gasteiger charge is 2.22. The molecule has 0 aliphatic heterocycles. The summed E-state index contributed by atoms with van der Waals surface area (Å²) in [6.07, 6.45) is 0. The summed E-state index contributed by atoms with van der Waals surface area (Å²) in [6.45, 7) is 8.35. The average Bonchev–Trinajstić information content (AvgIpc) is 2.16. The van der Waals surface area contributed by atoms with Crippen molar-refractivity contribution in [2.24, 2.45) is 5.41 Å². The fourth-order valence-electron chi connectivity index (χ4n) is 1.13. The molecule has 0 unspecified atom stereocenters. The van der Waals surface area contributed by atoms with Crippen molar-refractivity contribution in [1.82, 2.24) is 5.32 Å². The van der Waals surface area contributed by atoms with Crippen LogP contribution in [0, 0.1) is 5.41 Å². The van der Waals surface area contributed by atoms with E-state index >= 15 is 0 Å². The zero-order valence-electron chi connectivity index (χ0n) is 10.2. The van der Waals surface area contributed by atoms with E-state index in [0.29, 0.717) is 5.56 Å². The van der Waals surface area contributed by atoms with Gasteiger partial charge >= 0.3 is 0 Å². The lowest BCUT2D eigenvalue weighted by Gasteiger charge is -2.28. The van der Waals surface area contributed by atoms with Crippen molar-refractivity contribution >= 4 is 21.8 Å². The highest BCUT2D eigenvalue weighted by Crippen LogP contribution is 2.19. The quantitative estimate of drug-likeness (QED) is 0.883. The molecule has 0 bridgehead atoms. The van der Waals surface area contributed by atoms with Crippen molar-refractivity contribution in [3.8, 4) is 0 Å². The van der Waals surface area contributed by atoms with Gasteiger partial charge in [0.25, 0.3) is 5.91 Å². The standard InChI is InChI=1S/C13H18BrNO/c1-9(13(2,3)4)15-12(16)10-6-5-7-11(14)8-10/h5-9H,1-4H3,(H,15,16)/t9-/m1/s1. The molecule has 0 aliphatic carbocycles. The predicted octanol–water partition coefficient (Wildman–Crippen LogP) is 3.61.